The molecule has 4 N–H and O–H groups in total. The molecule has 0 amide bonds. The lowest BCUT2D eigenvalue weighted by Gasteiger charge is -2.07. The summed E-state index contributed by atoms with van der Waals surface area (Å²) in [5.41, 5.74) is 4.26. The molecule has 16 heavy (non-hydrogen) atoms. The standard InChI is InChI=1S/C10H9N3O3/c11-6-5-13(10(16)12-9(6)15)7-3-1-2-4-8(7)14/h1-5,14H,11H2,(H,12,15,16). The Hall–Kier alpha value is -2.50. The van der Waals surface area contributed by atoms with E-state index in [1.807, 2.05) is 4.98 Å². The normalized spacial score (nSPS) is 10.2. The monoisotopic (exact) mass is 219 g/mol. The number of benzene rings is 1. The van der Waals surface area contributed by atoms with Crippen LogP contribution >= 0.6 is 0 Å². The number of phenols is 1. The molecule has 0 fully saturated rings. The molecule has 0 atom stereocenters. The van der Waals surface area contributed by atoms with Crippen molar-refractivity contribution in [3.63, 3.8) is 0 Å². The highest BCUT2D eigenvalue weighted by Crippen LogP contribution is 2.18. The van der Waals surface area contributed by atoms with E-state index in [1.165, 1.54) is 18.3 Å². The Kier molecular flexibility index (Phi) is 2.24. The molecule has 0 aliphatic heterocycles. The van der Waals surface area contributed by atoms with Gasteiger partial charge in [0.1, 0.15) is 11.4 Å². The number of H-pyrrole nitrogens is 1. The number of anilines is 1. The number of hydrogen-bond acceptors (Lipinski definition) is 4. The van der Waals surface area contributed by atoms with Crippen LogP contribution in [-0.4, -0.2) is 14.7 Å². The van der Waals surface area contributed by atoms with Crippen LogP contribution in [0.25, 0.3) is 5.69 Å². The second-order valence-electron chi connectivity index (χ2n) is 3.20. The van der Waals surface area contributed by atoms with Crippen molar-refractivity contribution in [3.05, 3.63) is 51.3 Å². The first kappa shape index (κ1) is 10.0. The predicted octanol–water partition coefficient (Wildman–Crippen LogP) is -0.186. The zero-order valence-electron chi connectivity index (χ0n) is 8.18. The predicted molar refractivity (Wildman–Crippen MR) is 58.7 cm³/mol. The highest BCUT2D eigenvalue weighted by Gasteiger charge is 2.06. The maximum atomic E-state index is 11.5. The molecule has 6 nitrogen and oxygen atoms in total. The van der Waals surface area contributed by atoms with Gasteiger partial charge in [-0.05, 0) is 12.1 Å². The number of phenolic OH excluding ortho intramolecular Hbond substituents is 1. The Bertz CT molecular complexity index is 642. The molecule has 0 aliphatic rings. The van der Waals surface area contributed by atoms with Crippen molar-refractivity contribution in [2.45, 2.75) is 0 Å². The van der Waals surface area contributed by atoms with Crippen LogP contribution in [0, 0.1) is 0 Å². The first-order valence-corrected chi connectivity index (χ1v) is 4.49. The summed E-state index contributed by atoms with van der Waals surface area (Å²) in [7, 11) is 0. The van der Waals surface area contributed by atoms with Gasteiger partial charge in [-0.15, -0.1) is 0 Å². The van der Waals surface area contributed by atoms with Gasteiger partial charge in [-0.1, -0.05) is 12.1 Å². The van der Waals surface area contributed by atoms with Gasteiger partial charge in [0.05, 0.1) is 5.69 Å². The fourth-order valence-corrected chi connectivity index (χ4v) is 1.33. The number of rotatable bonds is 1. The van der Waals surface area contributed by atoms with Crippen LogP contribution in [-0.2, 0) is 0 Å². The zero-order chi connectivity index (χ0) is 11.7. The number of aromatic amines is 1. The molecule has 0 aliphatic carbocycles. The van der Waals surface area contributed by atoms with E-state index in [-0.39, 0.29) is 17.1 Å². The number of nitrogen functional groups attached to an aromatic ring is 1. The van der Waals surface area contributed by atoms with Gasteiger partial charge in [-0.2, -0.15) is 0 Å². The van der Waals surface area contributed by atoms with Gasteiger partial charge in [0.25, 0.3) is 5.56 Å². The van der Waals surface area contributed by atoms with Crippen molar-refractivity contribution < 1.29 is 5.11 Å². The molecule has 1 aromatic heterocycles. The molecule has 0 saturated heterocycles. The molecule has 0 saturated carbocycles. The molecular weight excluding hydrogens is 210 g/mol. The van der Waals surface area contributed by atoms with Crippen molar-refractivity contribution in [1.29, 1.82) is 0 Å². The molecule has 0 bridgehead atoms. The Labute approximate surface area is 89.6 Å². The van der Waals surface area contributed by atoms with Crippen LogP contribution in [0.15, 0.2) is 40.1 Å². The summed E-state index contributed by atoms with van der Waals surface area (Å²) < 4.78 is 1.08. The van der Waals surface area contributed by atoms with Gasteiger partial charge in [-0.25, -0.2) is 4.79 Å². The molecule has 1 heterocycles. The SMILES string of the molecule is Nc1cn(-c2ccccc2O)c(=O)[nH]c1=O. The first-order valence-electron chi connectivity index (χ1n) is 4.49. The molecule has 0 unspecified atom stereocenters. The van der Waals surface area contributed by atoms with E-state index in [2.05, 4.69) is 0 Å². The maximum absolute atomic E-state index is 11.5. The lowest BCUT2D eigenvalue weighted by molar-refractivity contribution is 0.471. The summed E-state index contributed by atoms with van der Waals surface area (Å²) in [5, 5.41) is 9.56. The van der Waals surface area contributed by atoms with Crippen LogP contribution in [0.1, 0.15) is 0 Å². The van der Waals surface area contributed by atoms with Crippen molar-refractivity contribution in [1.82, 2.24) is 9.55 Å². The van der Waals surface area contributed by atoms with E-state index < -0.39 is 11.2 Å². The number of aromatic hydroxyl groups is 1. The van der Waals surface area contributed by atoms with Gasteiger partial charge >= 0.3 is 5.69 Å². The van der Waals surface area contributed by atoms with Gasteiger partial charge in [-0.3, -0.25) is 14.3 Å². The van der Waals surface area contributed by atoms with E-state index in [0.29, 0.717) is 0 Å². The van der Waals surface area contributed by atoms with Gasteiger partial charge in [0.15, 0.2) is 0 Å². The second kappa shape index (κ2) is 3.58. The zero-order valence-corrected chi connectivity index (χ0v) is 8.18. The Morgan fingerprint density at radius 3 is 2.62 bits per heavy atom. The fraction of sp³-hybridized carbons (Fsp3) is 0. The second-order valence-corrected chi connectivity index (χ2v) is 3.20. The number of nitrogens with zero attached hydrogens (tertiary/aromatic N) is 1. The van der Waals surface area contributed by atoms with Crippen LogP contribution in [0.2, 0.25) is 0 Å². The van der Waals surface area contributed by atoms with Crippen LogP contribution < -0.4 is 17.0 Å². The minimum Gasteiger partial charge on any atom is -0.506 e. The van der Waals surface area contributed by atoms with Gasteiger partial charge in [0, 0.05) is 6.20 Å². The highest BCUT2D eigenvalue weighted by atomic mass is 16.3. The van der Waals surface area contributed by atoms with Crippen LogP contribution in [0.5, 0.6) is 5.75 Å². The van der Waals surface area contributed by atoms with Crippen molar-refractivity contribution in [2.24, 2.45) is 0 Å². The van der Waals surface area contributed by atoms with Gasteiger partial charge in [0.2, 0.25) is 0 Å². The fourth-order valence-electron chi connectivity index (χ4n) is 1.33. The number of hydrogen-bond donors (Lipinski definition) is 3. The molecule has 1 aromatic carbocycles. The molecule has 2 rings (SSSR count). The average molecular weight is 219 g/mol. The third-order valence-corrected chi connectivity index (χ3v) is 2.11. The van der Waals surface area contributed by atoms with Crippen molar-refractivity contribution in [2.75, 3.05) is 5.73 Å². The van der Waals surface area contributed by atoms with E-state index >= 15 is 0 Å². The maximum Gasteiger partial charge on any atom is 0.333 e. The first-order chi connectivity index (χ1) is 7.59. The van der Waals surface area contributed by atoms with E-state index in [1.54, 1.807) is 12.1 Å². The minimum absolute atomic E-state index is 0.0731. The highest BCUT2D eigenvalue weighted by molar-refractivity contribution is 5.47. The van der Waals surface area contributed by atoms with Crippen molar-refractivity contribution >= 4 is 5.69 Å². The molecule has 82 valence electrons. The lowest BCUT2D eigenvalue weighted by Crippen LogP contribution is -2.30. The number of aromatic nitrogens is 2. The number of nitrogens with one attached hydrogen (secondary N) is 1. The number of nitrogens with two attached hydrogens (primary N) is 1. The summed E-state index contributed by atoms with van der Waals surface area (Å²) in [6.07, 6.45) is 1.18. The van der Waals surface area contributed by atoms with E-state index in [4.69, 9.17) is 5.73 Å². The summed E-state index contributed by atoms with van der Waals surface area (Å²) >= 11 is 0. The largest absolute Gasteiger partial charge is 0.506 e. The molecule has 6 heteroatoms. The smallest absolute Gasteiger partial charge is 0.333 e. The summed E-state index contributed by atoms with van der Waals surface area (Å²) in [6.45, 7) is 0. The molecule has 0 radical (unpaired) electrons. The van der Waals surface area contributed by atoms with Crippen LogP contribution in [0.4, 0.5) is 5.69 Å². The Morgan fingerprint density at radius 1 is 1.25 bits per heavy atom. The third-order valence-electron chi connectivity index (χ3n) is 2.11. The lowest BCUT2D eigenvalue weighted by atomic mass is 10.3. The minimum atomic E-state index is -0.652. The summed E-state index contributed by atoms with van der Waals surface area (Å²) in [4.78, 5) is 24.6. The molecule has 0 spiro atoms. The topological polar surface area (TPSA) is 101 Å². The molecule has 2 aromatic rings. The third kappa shape index (κ3) is 1.56. The quantitative estimate of drug-likeness (QED) is 0.618. The Balaban J connectivity index is 2.75. The van der Waals surface area contributed by atoms with Gasteiger partial charge < -0.3 is 10.8 Å². The Morgan fingerprint density at radius 2 is 1.94 bits per heavy atom. The van der Waals surface area contributed by atoms with E-state index in [9.17, 15) is 14.7 Å². The molecular formula is C10H9N3O3. The number of para-hydroxylation sites is 2. The van der Waals surface area contributed by atoms with Crippen LogP contribution in [0.3, 0.4) is 0 Å². The van der Waals surface area contributed by atoms with E-state index in [0.717, 1.165) is 4.57 Å². The summed E-state index contributed by atoms with van der Waals surface area (Å²) in [5.74, 6) is -0.0731. The average Bonchev–Trinajstić information content (AvgIpc) is 2.25. The van der Waals surface area contributed by atoms with Crippen molar-refractivity contribution in [3.8, 4) is 11.4 Å². The summed E-state index contributed by atoms with van der Waals surface area (Å²) in [6, 6.07) is 6.25.